The van der Waals surface area contributed by atoms with Crippen molar-refractivity contribution in [2.45, 2.75) is 6.92 Å². The molecular weight excluding hydrogens is 295 g/mol. The summed E-state index contributed by atoms with van der Waals surface area (Å²) in [5.74, 6) is -0.521. The van der Waals surface area contributed by atoms with Crippen LogP contribution in [0.15, 0.2) is 36.4 Å². The van der Waals surface area contributed by atoms with Crippen molar-refractivity contribution >= 4 is 28.9 Å². The van der Waals surface area contributed by atoms with Crippen LogP contribution < -0.4 is 15.8 Å². The van der Waals surface area contributed by atoms with E-state index in [1.54, 1.807) is 18.2 Å². The van der Waals surface area contributed by atoms with Gasteiger partial charge in [-0.15, -0.1) is 0 Å². The van der Waals surface area contributed by atoms with Crippen LogP contribution in [0, 0.1) is 12.7 Å². The number of anilines is 2. The van der Waals surface area contributed by atoms with Crippen molar-refractivity contribution in [2.75, 3.05) is 17.7 Å². The zero-order valence-corrected chi connectivity index (χ0v) is 12.1. The van der Waals surface area contributed by atoms with Crippen molar-refractivity contribution in [3.8, 4) is 5.75 Å². The number of carbonyl (C=O) groups excluding carboxylic acids is 1. The van der Waals surface area contributed by atoms with Crippen molar-refractivity contribution in [1.82, 2.24) is 0 Å². The van der Waals surface area contributed by atoms with E-state index >= 15 is 0 Å². The SMILES string of the molecule is Cc1cc(OCC(=O)Nc2cc(N)ccc2F)ccc1Cl. The fourth-order valence-electron chi connectivity index (χ4n) is 1.68. The van der Waals surface area contributed by atoms with E-state index in [0.29, 0.717) is 16.5 Å². The molecule has 0 atom stereocenters. The number of nitrogens with two attached hydrogens (primary N) is 1. The van der Waals surface area contributed by atoms with Crippen LogP contribution in [-0.2, 0) is 4.79 Å². The highest BCUT2D eigenvalue weighted by Gasteiger charge is 2.08. The summed E-state index contributed by atoms with van der Waals surface area (Å²) in [5.41, 5.74) is 6.77. The molecule has 2 aromatic rings. The lowest BCUT2D eigenvalue weighted by atomic mass is 10.2. The van der Waals surface area contributed by atoms with Gasteiger partial charge in [-0.05, 0) is 48.9 Å². The van der Waals surface area contributed by atoms with Crippen LogP contribution in [0.25, 0.3) is 0 Å². The van der Waals surface area contributed by atoms with Crippen LogP contribution in [0.3, 0.4) is 0 Å². The molecule has 0 radical (unpaired) electrons. The fraction of sp³-hybridized carbons (Fsp3) is 0.133. The molecule has 0 bridgehead atoms. The Balaban J connectivity index is 1.95. The maximum absolute atomic E-state index is 13.5. The number of halogens is 2. The number of amides is 1. The van der Waals surface area contributed by atoms with Gasteiger partial charge >= 0.3 is 0 Å². The minimum atomic E-state index is -0.556. The van der Waals surface area contributed by atoms with Gasteiger partial charge in [0.05, 0.1) is 5.69 Å². The van der Waals surface area contributed by atoms with Crippen LogP contribution in [0.1, 0.15) is 5.56 Å². The molecule has 21 heavy (non-hydrogen) atoms. The lowest BCUT2D eigenvalue weighted by molar-refractivity contribution is -0.118. The Morgan fingerprint density at radius 2 is 2.10 bits per heavy atom. The Bertz CT molecular complexity index is 677. The third kappa shape index (κ3) is 4.10. The maximum Gasteiger partial charge on any atom is 0.262 e. The Morgan fingerprint density at radius 3 is 2.81 bits per heavy atom. The summed E-state index contributed by atoms with van der Waals surface area (Å²) in [6.07, 6.45) is 0. The first-order chi connectivity index (χ1) is 9.95. The van der Waals surface area contributed by atoms with Gasteiger partial charge in [0.1, 0.15) is 11.6 Å². The van der Waals surface area contributed by atoms with Gasteiger partial charge in [-0.1, -0.05) is 11.6 Å². The molecule has 110 valence electrons. The third-order valence-electron chi connectivity index (χ3n) is 2.76. The Hall–Kier alpha value is -2.27. The summed E-state index contributed by atoms with van der Waals surface area (Å²) < 4.78 is 18.8. The Kier molecular flexibility index (Phi) is 4.65. The quantitative estimate of drug-likeness (QED) is 0.851. The topological polar surface area (TPSA) is 64.3 Å². The standard InChI is InChI=1S/C15H14ClFN2O2/c1-9-6-11(3-4-12(9)16)21-8-15(20)19-14-7-10(18)2-5-13(14)17/h2-7H,8,18H2,1H3,(H,19,20). The summed E-state index contributed by atoms with van der Waals surface area (Å²) in [7, 11) is 0. The first-order valence-corrected chi connectivity index (χ1v) is 6.57. The van der Waals surface area contributed by atoms with Gasteiger partial charge in [-0.2, -0.15) is 0 Å². The maximum atomic E-state index is 13.5. The van der Waals surface area contributed by atoms with Crippen LogP contribution in [-0.4, -0.2) is 12.5 Å². The number of hydrogen-bond acceptors (Lipinski definition) is 3. The van der Waals surface area contributed by atoms with Crippen molar-refractivity contribution in [1.29, 1.82) is 0 Å². The number of benzene rings is 2. The van der Waals surface area contributed by atoms with Gasteiger partial charge in [-0.25, -0.2) is 4.39 Å². The molecule has 0 saturated carbocycles. The molecule has 4 nitrogen and oxygen atoms in total. The number of nitrogens with one attached hydrogen (secondary N) is 1. The van der Waals surface area contributed by atoms with Crippen LogP contribution in [0.4, 0.5) is 15.8 Å². The van der Waals surface area contributed by atoms with Crippen molar-refractivity contribution < 1.29 is 13.9 Å². The molecule has 0 aliphatic heterocycles. The van der Waals surface area contributed by atoms with Gasteiger partial charge < -0.3 is 15.8 Å². The average Bonchev–Trinajstić information content (AvgIpc) is 2.44. The minimum Gasteiger partial charge on any atom is -0.484 e. The van der Waals surface area contributed by atoms with E-state index in [2.05, 4.69) is 5.32 Å². The number of carbonyl (C=O) groups is 1. The molecule has 3 N–H and O–H groups in total. The van der Waals surface area contributed by atoms with E-state index in [1.165, 1.54) is 18.2 Å². The predicted octanol–water partition coefficient (Wildman–Crippen LogP) is 3.39. The van der Waals surface area contributed by atoms with Gasteiger partial charge in [0, 0.05) is 10.7 Å². The second-order valence-corrected chi connectivity index (χ2v) is 4.89. The van der Waals surface area contributed by atoms with Crippen molar-refractivity contribution in [2.24, 2.45) is 0 Å². The van der Waals surface area contributed by atoms with Gasteiger partial charge in [0.2, 0.25) is 0 Å². The molecule has 6 heteroatoms. The van der Waals surface area contributed by atoms with Crippen LogP contribution in [0.5, 0.6) is 5.75 Å². The number of aryl methyl sites for hydroxylation is 1. The van der Waals surface area contributed by atoms with Gasteiger partial charge in [0.15, 0.2) is 6.61 Å². The second kappa shape index (κ2) is 6.45. The van der Waals surface area contributed by atoms with Gasteiger partial charge in [-0.3, -0.25) is 4.79 Å². The molecule has 1 amide bonds. The summed E-state index contributed by atoms with van der Waals surface area (Å²) in [6.45, 7) is 1.59. The minimum absolute atomic E-state index is 0.0240. The van der Waals surface area contributed by atoms with Crippen molar-refractivity contribution in [3.63, 3.8) is 0 Å². The number of ether oxygens (including phenoxy) is 1. The highest BCUT2D eigenvalue weighted by molar-refractivity contribution is 6.31. The van der Waals surface area contributed by atoms with E-state index in [-0.39, 0.29) is 12.3 Å². The van der Waals surface area contributed by atoms with E-state index < -0.39 is 11.7 Å². The zero-order chi connectivity index (χ0) is 15.4. The fourth-order valence-corrected chi connectivity index (χ4v) is 1.80. The molecule has 0 fully saturated rings. The molecule has 0 aliphatic rings. The average molecular weight is 309 g/mol. The number of hydrogen-bond donors (Lipinski definition) is 2. The third-order valence-corrected chi connectivity index (χ3v) is 3.19. The smallest absolute Gasteiger partial charge is 0.262 e. The molecule has 0 spiro atoms. The lowest BCUT2D eigenvalue weighted by Crippen LogP contribution is -2.20. The van der Waals surface area contributed by atoms with E-state index in [0.717, 1.165) is 5.56 Å². The highest BCUT2D eigenvalue weighted by Crippen LogP contribution is 2.21. The first-order valence-electron chi connectivity index (χ1n) is 6.19. The Labute approximate surface area is 126 Å². The predicted molar refractivity (Wildman–Crippen MR) is 81.1 cm³/mol. The molecule has 0 saturated heterocycles. The molecule has 0 unspecified atom stereocenters. The van der Waals surface area contributed by atoms with E-state index in [9.17, 15) is 9.18 Å². The van der Waals surface area contributed by atoms with E-state index in [1.807, 2.05) is 6.92 Å². The highest BCUT2D eigenvalue weighted by atomic mass is 35.5. The summed E-state index contributed by atoms with van der Waals surface area (Å²) in [4.78, 5) is 11.7. The molecule has 0 aromatic heterocycles. The zero-order valence-electron chi connectivity index (χ0n) is 11.3. The van der Waals surface area contributed by atoms with E-state index in [4.69, 9.17) is 22.1 Å². The summed E-state index contributed by atoms with van der Waals surface area (Å²) in [5, 5.41) is 3.02. The second-order valence-electron chi connectivity index (χ2n) is 4.49. The lowest BCUT2D eigenvalue weighted by Gasteiger charge is -2.09. The normalized spacial score (nSPS) is 10.2. The number of nitrogen functional groups attached to an aromatic ring is 1. The molecular formula is C15H14ClFN2O2. The molecule has 2 aromatic carbocycles. The summed E-state index contributed by atoms with van der Waals surface area (Å²) in [6, 6.07) is 9.01. The van der Waals surface area contributed by atoms with Crippen LogP contribution >= 0.6 is 11.6 Å². The number of rotatable bonds is 4. The monoisotopic (exact) mass is 308 g/mol. The Morgan fingerprint density at radius 1 is 1.33 bits per heavy atom. The largest absolute Gasteiger partial charge is 0.484 e. The molecule has 2 rings (SSSR count). The first kappa shape index (κ1) is 15.1. The summed E-state index contributed by atoms with van der Waals surface area (Å²) >= 11 is 5.89. The molecule has 0 heterocycles. The van der Waals surface area contributed by atoms with Gasteiger partial charge in [0.25, 0.3) is 5.91 Å². The molecule has 0 aliphatic carbocycles. The van der Waals surface area contributed by atoms with Crippen molar-refractivity contribution in [3.05, 3.63) is 52.8 Å². The van der Waals surface area contributed by atoms with Crippen LogP contribution in [0.2, 0.25) is 5.02 Å².